The maximum Gasteiger partial charge on any atom is 0.343 e. The molecule has 2 heterocycles. The lowest BCUT2D eigenvalue weighted by Crippen LogP contribution is -2.13. The number of rotatable bonds is 11. The lowest BCUT2D eigenvalue weighted by molar-refractivity contribution is 0.0670. The summed E-state index contributed by atoms with van der Waals surface area (Å²) in [6.45, 7) is 2.22. The van der Waals surface area contributed by atoms with E-state index in [0.29, 0.717) is 37.9 Å². The molecule has 0 spiro atoms. The van der Waals surface area contributed by atoms with E-state index in [1.807, 2.05) is 0 Å². The van der Waals surface area contributed by atoms with Crippen molar-refractivity contribution in [1.82, 2.24) is 0 Å². The van der Waals surface area contributed by atoms with Crippen molar-refractivity contribution >= 4 is 17.9 Å². The van der Waals surface area contributed by atoms with E-state index in [-0.39, 0.29) is 40.4 Å². The summed E-state index contributed by atoms with van der Waals surface area (Å²) < 4.78 is 31.8. The third-order valence-electron chi connectivity index (χ3n) is 5.45. The van der Waals surface area contributed by atoms with E-state index in [0.717, 1.165) is 6.07 Å². The van der Waals surface area contributed by atoms with E-state index in [2.05, 4.69) is 0 Å². The summed E-state index contributed by atoms with van der Waals surface area (Å²) in [6.07, 6.45) is 0.219. The predicted molar refractivity (Wildman–Crippen MR) is 127 cm³/mol. The zero-order valence-corrected chi connectivity index (χ0v) is 19.5. The molecule has 10 nitrogen and oxygen atoms in total. The molecule has 190 valence electrons. The summed E-state index contributed by atoms with van der Waals surface area (Å²) in [6, 6.07) is 16.3. The molecule has 2 aliphatic rings. The number of carboxylic acid groups (broad SMARTS) is 1. The van der Waals surface area contributed by atoms with Crippen LogP contribution in [0.3, 0.4) is 0 Å². The molecule has 2 aliphatic heterocycles. The fraction of sp³-hybridized carbons (Fsp3) is 0.222. The van der Waals surface area contributed by atoms with Crippen LogP contribution in [0.15, 0.2) is 66.7 Å². The molecule has 0 radical (unpaired) electrons. The molecule has 0 bridgehead atoms. The third-order valence-corrected chi connectivity index (χ3v) is 5.45. The van der Waals surface area contributed by atoms with Crippen molar-refractivity contribution in [3.8, 4) is 23.0 Å². The Bertz CT molecular complexity index is 1290. The molecule has 2 fully saturated rings. The van der Waals surface area contributed by atoms with Gasteiger partial charge in [0.2, 0.25) is 0 Å². The maximum absolute atomic E-state index is 12.6. The van der Waals surface area contributed by atoms with Crippen LogP contribution >= 0.6 is 0 Å². The quantitative estimate of drug-likeness (QED) is 0.234. The number of carbonyl (C=O) groups is 3. The summed E-state index contributed by atoms with van der Waals surface area (Å²) >= 11 is 0. The Morgan fingerprint density at radius 3 is 1.62 bits per heavy atom. The smallest absolute Gasteiger partial charge is 0.343 e. The van der Waals surface area contributed by atoms with E-state index in [9.17, 15) is 19.5 Å². The number of hydrogen-bond donors (Lipinski definition) is 1. The predicted octanol–water partition coefficient (Wildman–Crippen LogP) is 3.38. The van der Waals surface area contributed by atoms with Crippen LogP contribution in [0.1, 0.15) is 31.1 Å². The minimum Gasteiger partial charge on any atom is -0.491 e. The first-order valence-corrected chi connectivity index (χ1v) is 11.5. The van der Waals surface area contributed by atoms with Crippen molar-refractivity contribution in [3.05, 3.63) is 83.4 Å². The van der Waals surface area contributed by atoms with E-state index in [4.69, 9.17) is 28.4 Å². The van der Waals surface area contributed by atoms with E-state index < -0.39 is 17.9 Å². The van der Waals surface area contributed by atoms with Gasteiger partial charge in [0, 0.05) is 0 Å². The van der Waals surface area contributed by atoms with Gasteiger partial charge in [0.25, 0.3) is 0 Å². The van der Waals surface area contributed by atoms with Gasteiger partial charge < -0.3 is 33.5 Å². The second-order valence-electron chi connectivity index (χ2n) is 8.32. The molecular formula is C27H22O10. The van der Waals surface area contributed by atoms with Crippen LogP contribution < -0.4 is 18.9 Å². The van der Waals surface area contributed by atoms with Crippen LogP contribution in [0.25, 0.3) is 0 Å². The van der Waals surface area contributed by atoms with Gasteiger partial charge in [0.05, 0.1) is 24.3 Å². The molecule has 1 N–H and O–H groups in total. The summed E-state index contributed by atoms with van der Waals surface area (Å²) in [4.78, 5) is 36.9. The number of carboxylic acids is 1. The van der Waals surface area contributed by atoms with E-state index >= 15 is 0 Å². The fourth-order valence-electron chi connectivity index (χ4n) is 3.23. The standard InChI is InChI=1S/C27H22O10/c28-25(29)23-11-20(36-26(30)16-1-5-18(6-2-16)32-12-21-14-34-21)9-10-24(23)37-27(31)17-3-7-19(8-4-17)33-13-22-15-35-22/h1-11,21-22H,12-15H2,(H,28,29). The molecular weight excluding hydrogens is 484 g/mol. The topological polar surface area (TPSA) is 133 Å². The fourth-order valence-corrected chi connectivity index (χ4v) is 3.23. The number of ether oxygens (including phenoxy) is 6. The molecule has 0 amide bonds. The maximum atomic E-state index is 12.6. The molecule has 2 saturated heterocycles. The van der Waals surface area contributed by atoms with Gasteiger partial charge in [0.15, 0.2) is 0 Å². The zero-order chi connectivity index (χ0) is 25.8. The number of benzene rings is 3. The molecule has 10 heteroatoms. The zero-order valence-electron chi connectivity index (χ0n) is 19.5. The number of hydrogen-bond acceptors (Lipinski definition) is 9. The monoisotopic (exact) mass is 506 g/mol. The summed E-state index contributed by atoms with van der Waals surface area (Å²) in [5.41, 5.74) is 0.118. The lowest BCUT2D eigenvalue weighted by Gasteiger charge is -2.11. The Hall–Kier alpha value is -4.41. The second kappa shape index (κ2) is 10.7. The highest BCUT2D eigenvalue weighted by atomic mass is 16.6. The second-order valence-corrected chi connectivity index (χ2v) is 8.32. The first kappa shape index (κ1) is 24.3. The molecule has 2 unspecified atom stereocenters. The van der Waals surface area contributed by atoms with Crippen molar-refractivity contribution in [2.45, 2.75) is 12.2 Å². The first-order chi connectivity index (χ1) is 17.9. The van der Waals surface area contributed by atoms with Crippen LogP contribution in [0.2, 0.25) is 0 Å². The van der Waals surface area contributed by atoms with Crippen LogP contribution in [0.4, 0.5) is 0 Å². The van der Waals surface area contributed by atoms with Crippen LogP contribution in [-0.2, 0) is 9.47 Å². The summed E-state index contributed by atoms with van der Waals surface area (Å²) in [5.74, 6) is -1.85. The van der Waals surface area contributed by atoms with Gasteiger partial charge in [-0.25, -0.2) is 14.4 Å². The highest BCUT2D eigenvalue weighted by Crippen LogP contribution is 2.27. The molecule has 0 saturated carbocycles. The van der Waals surface area contributed by atoms with Crippen LogP contribution in [0, 0.1) is 0 Å². The average molecular weight is 506 g/mol. The Morgan fingerprint density at radius 1 is 0.703 bits per heavy atom. The summed E-state index contributed by atoms with van der Waals surface area (Å²) in [7, 11) is 0. The van der Waals surface area contributed by atoms with Crippen molar-refractivity contribution < 1.29 is 47.9 Å². The molecule has 2 atom stereocenters. The van der Waals surface area contributed by atoms with Gasteiger partial charge in [-0.15, -0.1) is 0 Å². The number of epoxide rings is 2. The van der Waals surface area contributed by atoms with E-state index in [1.54, 1.807) is 24.3 Å². The minimum atomic E-state index is -1.35. The first-order valence-electron chi connectivity index (χ1n) is 11.5. The minimum absolute atomic E-state index is 0.0189. The van der Waals surface area contributed by atoms with Gasteiger partial charge in [-0.2, -0.15) is 0 Å². The highest BCUT2D eigenvalue weighted by Gasteiger charge is 2.24. The Balaban J connectivity index is 1.21. The van der Waals surface area contributed by atoms with Crippen molar-refractivity contribution in [2.75, 3.05) is 26.4 Å². The Kier molecular flexibility index (Phi) is 7.02. The molecule has 3 aromatic carbocycles. The normalized spacial score (nSPS) is 17.4. The van der Waals surface area contributed by atoms with Crippen LogP contribution in [0.5, 0.6) is 23.0 Å². The van der Waals surface area contributed by atoms with Crippen molar-refractivity contribution in [2.24, 2.45) is 0 Å². The van der Waals surface area contributed by atoms with Crippen molar-refractivity contribution in [3.63, 3.8) is 0 Å². The van der Waals surface area contributed by atoms with Gasteiger partial charge in [0.1, 0.15) is 54.0 Å². The average Bonchev–Trinajstić information content (AvgIpc) is 3.83. The van der Waals surface area contributed by atoms with E-state index in [1.165, 1.54) is 36.4 Å². The SMILES string of the molecule is O=C(Oc1ccc(OC(=O)c2ccc(OCC3CO3)cc2)c(C(=O)O)c1)c1ccc(OCC2CO2)cc1. The number of carbonyl (C=O) groups excluding carboxylic acids is 2. The molecule has 3 aromatic rings. The molecule has 0 aromatic heterocycles. The van der Waals surface area contributed by atoms with Crippen LogP contribution in [-0.4, -0.2) is 61.6 Å². The molecule has 0 aliphatic carbocycles. The van der Waals surface area contributed by atoms with Gasteiger partial charge in [-0.05, 0) is 66.7 Å². The number of esters is 2. The molecule has 5 rings (SSSR count). The lowest BCUT2D eigenvalue weighted by atomic mass is 10.1. The van der Waals surface area contributed by atoms with Gasteiger partial charge >= 0.3 is 17.9 Å². The number of aromatic carboxylic acids is 1. The third kappa shape index (κ3) is 6.63. The molecule has 37 heavy (non-hydrogen) atoms. The van der Waals surface area contributed by atoms with Gasteiger partial charge in [-0.1, -0.05) is 0 Å². The van der Waals surface area contributed by atoms with Gasteiger partial charge in [-0.3, -0.25) is 0 Å². The highest BCUT2D eigenvalue weighted by molar-refractivity contribution is 5.96. The largest absolute Gasteiger partial charge is 0.491 e. The summed E-state index contributed by atoms with van der Waals surface area (Å²) in [5, 5.41) is 9.61. The Labute approximate surface area is 211 Å². The van der Waals surface area contributed by atoms with Crippen molar-refractivity contribution in [1.29, 1.82) is 0 Å². The Morgan fingerprint density at radius 2 is 1.16 bits per heavy atom.